The van der Waals surface area contributed by atoms with Crippen LogP contribution < -0.4 is 16.0 Å². The molecule has 0 aliphatic carbocycles. The number of nitrogens with zero attached hydrogens (tertiary/aromatic N) is 2. The van der Waals surface area contributed by atoms with Gasteiger partial charge in [0.25, 0.3) is 0 Å². The Kier molecular flexibility index (Phi) is 7.99. The zero-order valence-electron chi connectivity index (χ0n) is 18.8. The first kappa shape index (κ1) is 24.2. The first-order valence-corrected chi connectivity index (χ1v) is 10.8. The molecule has 2 saturated heterocycles. The van der Waals surface area contributed by atoms with Crippen LogP contribution in [0.4, 0.5) is 10.5 Å². The lowest BCUT2D eigenvalue weighted by Crippen LogP contribution is -2.64. The molecule has 1 aromatic carbocycles. The van der Waals surface area contributed by atoms with Gasteiger partial charge in [0.2, 0.25) is 17.7 Å². The van der Waals surface area contributed by atoms with Gasteiger partial charge in [-0.3, -0.25) is 19.2 Å². The number of Topliss-reactive ketones (excluding diaryl/α,β-unsaturated/α-hetero) is 1. The molecule has 2 fully saturated rings. The fourth-order valence-electron chi connectivity index (χ4n) is 3.87. The van der Waals surface area contributed by atoms with Crippen LogP contribution in [-0.2, 0) is 19.1 Å². The van der Waals surface area contributed by atoms with Crippen molar-refractivity contribution in [2.45, 2.75) is 31.8 Å². The Morgan fingerprint density at radius 3 is 2.52 bits per heavy atom. The van der Waals surface area contributed by atoms with Crippen molar-refractivity contribution < 1.29 is 28.7 Å². The van der Waals surface area contributed by atoms with Crippen LogP contribution in [0.3, 0.4) is 0 Å². The zero-order chi connectivity index (χ0) is 24.0. The smallest absolute Gasteiger partial charge is 0.321 e. The van der Waals surface area contributed by atoms with Gasteiger partial charge in [-0.2, -0.15) is 0 Å². The maximum Gasteiger partial charge on any atom is 0.321 e. The number of piperazine rings is 1. The summed E-state index contributed by atoms with van der Waals surface area (Å²) in [5.74, 6) is -1.20. The molecule has 178 valence electrons. The third-order valence-corrected chi connectivity index (χ3v) is 5.70. The molecule has 33 heavy (non-hydrogen) atoms. The number of ether oxygens (including phenoxy) is 1. The SMILES string of the molecule is COCC(=O)N1CCN(C(=O)Nc2ccc(C(C)=O)cc2)CC1C(=O)NC1CCCNC1=O. The molecule has 1 aromatic rings. The van der Waals surface area contributed by atoms with Gasteiger partial charge in [0.15, 0.2) is 5.78 Å². The van der Waals surface area contributed by atoms with Crippen LogP contribution in [-0.4, -0.2) is 91.3 Å². The van der Waals surface area contributed by atoms with Gasteiger partial charge in [-0.1, -0.05) is 0 Å². The molecule has 2 atom stereocenters. The molecule has 2 unspecified atom stereocenters. The summed E-state index contributed by atoms with van der Waals surface area (Å²) in [6.45, 7) is 2.16. The molecule has 5 amide bonds. The monoisotopic (exact) mass is 459 g/mol. The second-order valence-electron chi connectivity index (χ2n) is 8.04. The summed E-state index contributed by atoms with van der Waals surface area (Å²) in [6.07, 6.45) is 1.25. The second-order valence-corrected chi connectivity index (χ2v) is 8.04. The number of nitrogens with one attached hydrogen (secondary N) is 3. The summed E-state index contributed by atoms with van der Waals surface area (Å²) in [5.41, 5.74) is 1.03. The van der Waals surface area contributed by atoms with Crippen molar-refractivity contribution in [3.63, 3.8) is 0 Å². The number of urea groups is 1. The van der Waals surface area contributed by atoms with Crippen molar-refractivity contribution >= 4 is 35.2 Å². The number of hydrogen-bond acceptors (Lipinski definition) is 6. The van der Waals surface area contributed by atoms with E-state index < -0.39 is 24.0 Å². The predicted molar refractivity (Wildman–Crippen MR) is 119 cm³/mol. The number of hydrogen-bond donors (Lipinski definition) is 3. The van der Waals surface area contributed by atoms with Crippen molar-refractivity contribution in [3.05, 3.63) is 29.8 Å². The maximum absolute atomic E-state index is 13.0. The molecule has 0 spiro atoms. The lowest BCUT2D eigenvalue weighted by molar-refractivity contribution is -0.146. The van der Waals surface area contributed by atoms with Gasteiger partial charge in [-0.15, -0.1) is 0 Å². The van der Waals surface area contributed by atoms with Gasteiger partial charge < -0.3 is 30.5 Å². The number of amides is 5. The summed E-state index contributed by atoms with van der Waals surface area (Å²) >= 11 is 0. The van der Waals surface area contributed by atoms with Crippen molar-refractivity contribution in [1.29, 1.82) is 0 Å². The summed E-state index contributed by atoms with van der Waals surface area (Å²) in [7, 11) is 1.39. The average Bonchev–Trinajstić information content (AvgIpc) is 2.80. The molecule has 0 radical (unpaired) electrons. The van der Waals surface area contributed by atoms with Crippen LogP contribution in [0.5, 0.6) is 0 Å². The number of benzene rings is 1. The summed E-state index contributed by atoms with van der Waals surface area (Å²) in [5, 5.41) is 8.17. The molecule has 0 aromatic heterocycles. The van der Waals surface area contributed by atoms with E-state index in [4.69, 9.17) is 4.74 Å². The lowest BCUT2D eigenvalue weighted by atomic mass is 10.1. The van der Waals surface area contributed by atoms with Crippen LogP contribution in [0.15, 0.2) is 24.3 Å². The number of anilines is 1. The highest BCUT2D eigenvalue weighted by molar-refractivity contribution is 5.96. The molecular weight excluding hydrogens is 430 g/mol. The molecule has 3 N–H and O–H groups in total. The van der Waals surface area contributed by atoms with E-state index in [1.165, 1.54) is 23.8 Å². The summed E-state index contributed by atoms with van der Waals surface area (Å²) in [6, 6.07) is 4.42. The minimum absolute atomic E-state index is 0.0347. The number of methoxy groups -OCH3 is 1. The van der Waals surface area contributed by atoms with Crippen molar-refractivity contribution in [2.75, 3.05) is 45.2 Å². The van der Waals surface area contributed by atoms with Gasteiger partial charge in [-0.05, 0) is 44.0 Å². The van der Waals surface area contributed by atoms with E-state index in [1.54, 1.807) is 24.3 Å². The van der Waals surface area contributed by atoms with Gasteiger partial charge in [0.1, 0.15) is 18.7 Å². The Hall–Kier alpha value is -3.47. The number of carbonyl (C=O) groups is 5. The fourth-order valence-corrected chi connectivity index (χ4v) is 3.87. The van der Waals surface area contributed by atoms with Gasteiger partial charge in [0.05, 0.1) is 6.54 Å². The molecule has 3 rings (SSSR count). The fraction of sp³-hybridized carbons (Fsp3) is 0.500. The topological polar surface area (TPSA) is 137 Å². The predicted octanol–water partition coefficient (Wildman–Crippen LogP) is -0.0249. The molecule has 11 nitrogen and oxygen atoms in total. The zero-order valence-corrected chi connectivity index (χ0v) is 18.8. The standard InChI is InChI=1S/C22H29N5O6/c1-14(28)15-5-7-16(8-6-15)24-22(32)26-10-11-27(19(29)13-33-2)18(12-26)21(31)25-17-4-3-9-23-20(17)30/h5-8,17-18H,3-4,9-13H2,1-2H3,(H,23,30)(H,24,32)(H,25,31). The van der Waals surface area contributed by atoms with Crippen LogP contribution in [0.1, 0.15) is 30.1 Å². The van der Waals surface area contributed by atoms with Crippen molar-refractivity contribution in [2.24, 2.45) is 0 Å². The number of carbonyl (C=O) groups excluding carboxylic acids is 5. The highest BCUT2D eigenvalue weighted by Gasteiger charge is 2.38. The second kappa shape index (κ2) is 10.9. The van der Waals surface area contributed by atoms with E-state index in [-0.39, 0.29) is 43.8 Å². The highest BCUT2D eigenvalue weighted by Crippen LogP contribution is 2.16. The van der Waals surface area contributed by atoms with Crippen LogP contribution in [0, 0.1) is 0 Å². The van der Waals surface area contributed by atoms with E-state index in [2.05, 4.69) is 16.0 Å². The van der Waals surface area contributed by atoms with Crippen LogP contribution >= 0.6 is 0 Å². The molecule has 0 bridgehead atoms. The largest absolute Gasteiger partial charge is 0.375 e. The van der Waals surface area contributed by atoms with Crippen LogP contribution in [0.25, 0.3) is 0 Å². The first-order chi connectivity index (χ1) is 15.8. The van der Waals surface area contributed by atoms with Crippen molar-refractivity contribution in [3.8, 4) is 0 Å². The molecule has 11 heteroatoms. The van der Waals surface area contributed by atoms with Crippen molar-refractivity contribution in [1.82, 2.24) is 20.4 Å². The molecule has 2 aliphatic heterocycles. The Labute approximate surface area is 191 Å². The van der Waals surface area contributed by atoms with E-state index in [9.17, 15) is 24.0 Å². The number of piperidine rings is 1. The summed E-state index contributed by atoms with van der Waals surface area (Å²) < 4.78 is 4.93. The van der Waals surface area contributed by atoms with Gasteiger partial charge >= 0.3 is 6.03 Å². The van der Waals surface area contributed by atoms with E-state index in [0.29, 0.717) is 24.2 Å². The minimum Gasteiger partial charge on any atom is -0.375 e. The highest BCUT2D eigenvalue weighted by atomic mass is 16.5. The van der Waals surface area contributed by atoms with Gasteiger partial charge in [-0.25, -0.2) is 4.79 Å². The molecule has 2 aliphatic rings. The summed E-state index contributed by atoms with van der Waals surface area (Å²) in [4.78, 5) is 64.7. The third kappa shape index (κ3) is 6.07. The number of rotatable bonds is 6. The third-order valence-electron chi connectivity index (χ3n) is 5.70. The maximum atomic E-state index is 13.0. The number of ketones is 1. The molecule has 0 saturated carbocycles. The normalized spacial score (nSPS) is 20.6. The quantitative estimate of drug-likeness (QED) is 0.511. The minimum atomic E-state index is -0.957. The van der Waals surface area contributed by atoms with E-state index >= 15 is 0 Å². The Bertz CT molecular complexity index is 918. The Morgan fingerprint density at radius 1 is 1.15 bits per heavy atom. The lowest BCUT2D eigenvalue weighted by Gasteiger charge is -2.41. The Morgan fingerprint density at radius 2 is 1.88 bits per heavy atom. The van der Waals surface area contributed by atoms with E-state index in [0.717, 1.165) is 6.42 Å². The average molecular weight is 460 g/mol. The first-order valence-electron chi connectivity index (χ1n) is 10.8. The van der Waals surface area contributed by atoms with Gasteiger partial charge in [0, 0.05) is 38.0 Å². The van der Waals surface area contributed by atoms with Crippen LogP contribution in [0.2, 0.25) is 0 Å². The Balaban J connectivity index is 1.69. The van der Waals surface area contributed by atoms with E-state index in [1.807, 2.05) is 0 Å². The molecular formula is C22H29N5O6. The molecule has 2 heterocycles.